The van der Waals surface area contributed by atoms with Crippen LogP contribution in [0, 0.1) is 29.2 Å². The van der Waals surface area contributed by atoms with E-state index in [9.17, 15) is 0 Å². The van der Waals surface area contributed by atoms with Crippen molar-refractivity contribution in [2.75, 3.05) is 14.1 Å². The van der Waals surface area contributed by atoms with Crippen molar-refractivity contribution < 1.29 is 0 Å². The fraction of sp³-hybridized carbons (Fsp3) is 0.115. The molecule has 0 unspecified atom stereocenters. The van der Waals surface area contributed by atoms with E-state index in [0.29, 0.717) is 0 Å². The summed E-state index contributed by atoms with van der Waals surface area (Å²) in [5.74, 6) is 1.34. The van der Waals surface area contributed by atoms with Gasteiger partial charge in [0.25, 0.3) is 0 Å². The van der Waals surface area contributed by atoms with Gasteiger partial charge in [-0.05, 0) is 57.1 Å². The Morgan fingerprint density at radius 3 is 1.77 bits per heavy atom. The third kappa shape index (κ3) is 4.60. The lowest BCUT2D eigenvalue weighted by Crippen LogP contribution is -2.31. The molecule has 1 saturated carbocycles. The quantitative estimate of drug-likeness (QED) is 0.317. The second kappa shape index (κ2) is 10.1. The van der Waals surface area contributed by atoms with Gasteiger partial charge >= 0.3 is 0 Å². The van der Waals surface area contributed by atoms with Crippen molar-refractivity contribution in [2.24, 2.45) is 0 Å². The normalized spacial score (nSPS) is 17.1. The number of halogens is 2. The van der Waals surface area contributed by atoms with E-state index in [0.717, 1.165) is 9.30 Å². The van der Waals surface area contributed by atoms with Gasteiger partial charge in [0.2, 0.25) is 0 Å². The number of nitrogens with zero attached hydrogens (tertiary/aromatic N) is 1. The summed E-state index contributed by atoms with van der Waals surface area (Å²) in [4.78, 5) is 3.46. The SMILES string of the molecule is CN(C)[C@@H]([C]1[C](Br)[CH][CH][C]1P(c1ccccc1)c1ccccc1)c1ccccc1Br. The lowest BCUT2D eigenvalue weighted by atomic mass is 9.90. The van der Waals surface area contributed by atoms with Crippen LogP contribution in [0.2, 0.25) is 0 Å². The Labute approximate surface area is 198 Å². The van der Waals surface area contributed by atoms with Gasteiger partial charge in [-0.2, -0.15) is 0 Å². The minimum Gasteiger partial charge on any atom is -0.302 e. The van der Waals surface area contributed by atoms with E-state index in [-0.39, 0.29) is 6.04 Å². The van der Waals surface area contributed by atoms with Gasteiger partial charge in [0.05, 0.1) is 4.83 Å². The summed E-state index contributed by atoms with van der Waals surface area (Å²) in [5.41, 5.74) is 2.66. The van der Waals surface area contributed by atoms with Gasteiger partial charge < -0.3 is 4.90 Å². The van der Waals surface area contributed by atoms with Crippen molar-refractivity contribution >= 4 is 50.4 Å². The molecule has 1 aliphatic rings. The average Bonchev–Trinajstić information content (AvgIpc) is 3.12. The van der Waals surface area contributed by atoms with Crippen LogP contribution in [0.25, 0.3) is 0 Å². The Morgan fingerprint density at radius 1 is 0.700 bits per heavy atom. The van der Waals surface area contributed by atoms with Gasteiger partial charge in [0, 0.05) is 22.1 Å². The molecular formula is C26H23Br2NP. The number of benzene rings is 3. The van der Waals surface area contributed by atoms with Gasteiger partial charge in [0.15, 0.2) is 0 Å². The molecule has 3 aromatic carbocycles. The second-order valence-corrected chi connectivity index (χ2v) is 11.3. The second-order valence-electron chi connectivity index (χ2n) is 7.37. The molecule has 1 fully saturated rings. The predicted molar refractivity (Wildman–Crippen MR) is 137 cm³/mol. The Hall–Kier alpha value is -0.990. The van der Waals surface area contributed by atoms with Gasteiger partial charge in [0.1, 0.15) is 0 Å². The highest BCUT2D eigenvalue weighted by molar-refractivity contribution is 9.11. The first kappa shape index (κ1) is 22.2. The monoisotopic (exact) mass is 538 g/mol. The molecule has 0 N–H and O–H groups in total. The van der Waals surface area contributed by atoms with Crippen LogP contribution in [0.1, 0.15) is 11.6 Å². The molecule has 1 aliphatic carbocycles. The first-order chi connectivity index (χ1) is 14.6. The predicted octanol–water partition coefficient (Wildman–Crippen LogP) is 6.64. The van der Waals surface area contributed by atoms with Crippen LogP contribution in [0.15, 0.2) is 89.4 Å². The first-order valence-electron chi connectivity index (χ1n) is 9.84. The Bertz CT molecular complexity index is 908. The summed E-state index contributed by atoms with van der Waals surface area (Å²) in [5, 5.41) is 2.73. The van der Waals surface area contributed by atoms with E-state index in [4.69, 9.17) is 0 Å². The van der Waals surface area contributed by atoms with Crippen LogP contribution in [-0.4, -0.2) is 19.0 Å². The number of hydrogen-bond acceptors (Lipinski definition) is 1. The smallest absolute Gasteiger partial charge is 0.0545 e. The van der Waals surface area contributed by atoms with Crippen molar-refractivity contribution in [3.63, 3.8) is 0 Å². The largest absolute Gasteiger partial charge is 0.302 e. The maximum atomic E-state index is 3.89. The zero-order chi connectivity index (χ0) is 21.1. The highest BCUT2D eigenvalue weighted by Crippen LogP contribution is 2.64. The summed E-state index contributed by atoms with van der Waals surface area (Å²) < 4.78 is 1.13. The molecule has 1 atom stereocenters. The zero-order valence-electron chi connectivity index (χ0n) is 17.0. The average molecular weight is 540 g/mol. The number of rotatable bonds is 6. The molecular weight excluding hydrogens is 517 g/mol. The molecule has 151 valence electrons. The molecule has 0 bridgehead atoms. The summed E-state index contributed by atoms with van der Waals surface area (Å²) in [6.45, 7) is 0. The molecule has 0 saturated heterocycles. The van der Waals surface area contributed by atoms with E-state index < -0.39 is 7.92 Å². The van der Waals surface area contributed by atoms with E-state index >= 15 is 0 Å². The Kier molecular flexibility index (Phi) is 7.47. The molecule has 0 aliphatic heterocycles. The van der Waals surface area contributed by atoms with E-state index in [1.807, 2.05) is 0 Å². The Balaban J connectivity index is 1.81. The van der Waals surface area contributed by atoms with Crippen molar-refractivity contribution in [1.82, 2.24) is 4.90 Å². The standard InChI is InChI=1S/C26H23Br2NP/c1-29(2)26(21-15-9-10-16-22(21)27)25-23(28)17-18-24(25)30(19-11-5-3-6-12-19)20-13-7-4-8-14-20/h3-18,26H,1-2H3/t26-/m1/s1. The summed E-state index contributed by atoms with van der Waals surface area (Å²) in [6.07, 6.45) is 4.51. The first-order valence-corrected chi connectivity index (χ1v) is 12.8. The van der Waals surface area contributed by atoms with Gasteiger partial charge in [-0.1, -0.05) is 111 Å². The van der Waals surface area contributed by atoms with Gasteiger partial charge in [-0.15, -0.1) is 0 Å². The van der Waals surface area contributed by atoms with Crippen molar-refractivity contribution in [2.45, 2.75) is 6.04 Å². The Morgan fingerprint density at radius 2 is 1.23 bits per heavy atom. The molecule has 4 heteroatoms. The number of hydrogen-bond donors (Lipinski definition) is 0. The van der Waals surface area contributed by atoms with Crippen LogP contribution < -0.4 is 10.6 Å². The highest BCUT2D eigenvalue weighted by atomic mass is 79.9. The third-order valence-corrected chi connectivity index (χ3v) is 9.09. The lowest BCUT2D eigenvalue weighted by molar-refractivity contribution is 0.317. The molecule has 1 nitrogen and oxygen atoms in total. The lowest BCUT2D eigenvalue weighted by Gasteiger charge is -2.38. The molecule has 0 heterocycles. The minimum absolute atomic E-state index is 0.136. The third-order valence-electron chi connectivity index (χ3n) is 5.18. The van der Waals surface area contributed by atoms with Crippen LogP contribution in [0.3, 0.4) is 0 Å². The van der Waals surface area contributed by atoms with Crippen LogP contribution >= 0.6 is 39.8 Å². The fourth-order valence-electron chi connectivity index (χ4n) is 3.89. The summed E-state index contributed by atoms with van der Waals surface area (Å²) >= 11 is 7.68. The van der Waals surface area contributed by atoms with Crippen LogP contribution in [0.4, 0.5) is 0 Å². The van der Waals surface area contributed by atoms with Crippen LogP contribution in [-0.2, 0) is 0 Å². The minimum atomic E-state index is -0.675. The zero-order valence-corrected chi connectivity index (χ0v) is 21.0. The molecule has 4 rings (SSSR count). The maximum absolute atomic E-state index is 3.89. The maximum Gasteiger partial charge on any atom is 0.0545 e. The van der Waals surface area contributed by atoms with E-state index in [1.54, 1.807) is 0 Å². The molecule has 0 amide bonds. The van der Waals surface area contributed by atoms with E-state index in [2.05, 4.69) is 149 Å². The van der Waals surface area contributed by atoms with Crippen molar-refractivity contribution in [3.8, 4) is 0 Å². The van der Waals surface area contributed by atoms with Crippen LogP contribution in [0.5, 0.6) is 0 Å². The van der Waals surface area contributed by atoms with Gasteiger partial charge in [-0.3, -0.25) is 0 Å². The van der Waals surface area contributed by atoms with Gasteiger partial charge in [-0.25, -0.2) is 0 Å². The molecule has 0 aromatic heterocycles. The summed E-state index contributed by atoms with van der Waals surface area (Å²) in [6, 6.07) is 30.4. The molecule has 30 heavy (non-hydrogen) atoms. The van der Waals surface area contributed by atoms with E-state index in [1.165, 1.54) is 27.7 Å². The molecule has 3 aromatic rings. The highest BCUT2D eigenvalue weighted by Gasteiger charge is 2.47. The molecule has 0 spiro atoms. The summed E-state index contributed by atoms with van der Waals surface area (Å²) in [7, 11) is 3.63. The van der Waals surface area contributed by atoms with Crippen molar-refractivity contribution in [1.29, 1.82) is 0 Å². The van der Waals surface area contributed by atoms with Crippen molar-refractivity contribution in [3.05, 3.63) is 124 Å². The fourth-order valence-corrected chi connectivity index (χ4v) is 7.61. The molecule has 5 radical (unpaired) electrons. The topological polar surface area (TPSA) is 3.24 Å².